The molecule has 0 bridgehead atoms. The molecule has 1 amide bonds. The smallest absolute Gasteiger partial charge is 0.315 e. The van der Waals surface area contributed by atoms with Gasteiger partial charge in [0.15, 0.2) is 0 Å². The van der Waals surface area contributed by atoms with E-state index in [1.165, 1.54) is 11.0 Å². The quantitative estimate of drug-likeness (QED) is 0.246. The molecule has 0 aromatic heterocycles. The summed E-state index contributed by atoms with van der Waals surface area (Å²) in [6.07, 6.45) is 1.53. The highest BCUT2D eigenvalue weighted by Gasteiger charge is 2.44. The first kappa shape index (κ1) is 30.0. The molecule has 0 saturated carbocycles. The number of carbonyl (C=O) groups is 2. The zero-order valence-corrected chi connectivity index (χ0v) is 25.1. The lowest BCUT2D eigenvalue weighted by Crippen LogP contribution is -2.48. The van der Waals surface area contributed by atoms with E-state index in [2.05, 4.69) is 4.90 Å². The van der Waals surface area contributed by atoms with Gasteiger partial charge in [0, 0.05) is 30.1 Å². The fourth-order valence-electron chi connectivity index (χ4n) is 5.65. The maximum Gasteiger partial charge on any atom is 0.315 e. The number of esters is 1. The molecule has 3 aromatic rings. The number of anilines is 2. The zero-order valence-electron chi connectivity index (χ0n) is 23.6. The Kier molecular flexibility index (Phi) is 9.13. The molecule has 0 unspecified atom stereocenters. The summed E-state index contributed by atoms with van der Waals surface area (Å²) in [4.78, 5) is 29.9. The van der Waals surface area contributed by atoms with E-state index in [1.807, 2.05) is 30.3 Å². The SMILES string of the molecule is CCOC(=O)C1(COc2ccc(F)c3c2CCC(=O)N3Cc2ccc(OC)cc2)CCN(c2ccc(Cl)cc2Cl)CC1. The van der Waals surface area contributed by atoms with Crippen molar-refractivity contribution in [1.82, 2.24) is 0 Å². The summed E-state index contributed by atoms with van der Waals surface area (Å²) in [5, 5.41) is 1.11. The number of halogens is 3. The van der Waals surface area contributed by atoms with Crippen molar-refractivity contribution in [2.24, 2.45) is 5.41 Å². The first-order valence-electron chi connectivity index (χ1n) is 14.0. The Morgan fingerprint density at radius 1 is 1.02 bits per heavy atom. The van der Waals surface area contributed by atoms with Gasteiger partial charge in [-0.25, -0.2) is 4.39 Å². The topological polar surface area (TPSA) is 68.3 Å². The number of rotatable bonds is 9. The summed E-state index contributed by atoms with van der Waals surface area (Å²) in [6.45, 7) is 3.44. The number of carbonyl (C=O) groups excluding carboxylic acids is 2. The number of nitrogens with zero attached hydrogens (tertiary/aromatic N) is 2. The van der Waals surface area contributed by atoms with Gasteiger partial charge in [0.2, 0.25) is 5.91 Å². The number of methoxy groups -OCH3 is 1. The fraction of sp³-hybridized carbons (Fsp3) is 0.375. The van der Waals surface area contributed by atoms with Crippen LogP contribution in [0.25, 0.3) is 0 Å². The van der Waals surface area contributed by atoms with Crippen molar-refractivity contribution in [2.45, 2.75) is 39.2 Å². The number of ether oxygens (including phenoxy) is 3. The van der Waals surface area contributed by atoms with Gasteiger partial charge in [0.1, 0.15) is 29.3 Å². The van der Waals surface area contributed by atoms with Crippen molar-refractivity contribution in [3.05, 3.63) is 81.6 Å². The maximum absolute atomic E-state index is 15.3. The summed E-state index contributed by atoms with van der Waals surface area (Å²) in [6, 6.07) is 15.6. The average molecular weight is 616 g/mol. The molecule has 222 valence electrons. The molecule has 10 heteroatoms. The second-order valence-electron chi connectivity index (χ2n) is 10.6. The zero-order chi connectivity index (χ0) is 29.9. The van der Waals surface area contributed by atoms with E-state index in [1.54, 1.807) is 32.2 Å². The van der Waals surface area contributed by atoms with Crippen LogP contribution in [0.5, 0.6) is 11.5 Å². The predicted molar refractivity (Wildman–Crippen MR) is 161 cm³/mol. The Morgan fingerprint density at radius 2 is 1.76 bits per heavy atom. The predicted octanol–water partition coefficient (Wildman–Crippen LogP) is 6.85. The molecule has 0 radical (unpaired) electrons. The van der Waals surface area contributed by atoms with Crippen LogP contribution in [0, 0.1) is 11.2 Å². The molecule has 7 nitrogen and oxygen atoms in total. The van der Waals surface area contributed by atoms with Gasteiger partial charge < -0.3 is 24.0 Å². The average Bonchev–Trinajstić information content (AvgIpc) is 2.99. The van der Waals surface area contributed by atoms with Crippen LogP contribution in [0.15, 0.2) is 54.6 Å². The summed E-state index contributed by atoms with van der Waals surface area (Å²) in [7, 11) is 1.58. The lowest BCUT2D eigenvalue weighted by Gasteiger charge is -2.41. The highest BCUT2D eigenvalue weighted by atomic mass is 35.5. The van der Waals surface area contributed by atoms with Crippen LogP contribution in [0.4, 0.5) is 15.8 Å². The monoisotopic (exact) mass is 614 g/mol. The van der Waals surface area contributed by atoms with Crippen LogP contribution in [-0.2, 0) is 27.3 Å². The van der Waals surface area contributed by atoms with Crippen molar-refractivity contribution < 1.29 is 28.2 Å². The number of piperidine rings is 1. The number of hydrogen-bond acceptors (Lipinski definition) is 6. The number of benzene rings is 3. The molecular formula is C32H33Cl2FN2O5. The number of fused-ring (bicyclic) bond motifs is 1. The third-order valence-electron chi connectivity index (χ3n) is 8.03. The highest BCUT2D eigenvalue weighted by molar-refractivity contribution is 6.36. The van der Waals surface area contributed by atoms with E-state index < -0.39 is 11.2 Å². The summed E-state index contributed by atoms with van der Waals surface area (Å²) in [5.41, 5.74) is 1.65. The third-order valence-corrected chi connectivity index (χ3v) is 8.57. The molecule has 0 N–H and O–H groups in total. The molecule has 0 spiro atoms. The lowest BCUT2D eigenvalue weighted by atomic mass is 9.79. The third kappa shape index (κ3) is 6.15. The normalized spacial score (nSPS) is 16.2. The maximum atomic E-state index is 15.3. The van der Waals surface area contributed by atoms with Crippen LogP contribution >= 0.6 is 23.2 Å². The largest absolute Gasteiger partial charge is 0.497 e. The first-order valence-corrected chi connectivity index (χ1v) is 14.7. The van der Waals surface area contributed by atoms with Crippen LogP contribution < -0.4 is 19.3 Å². The molecule has 2 aliphatic rings. The Labute approximate surface area is 255 Å². The second-order valence-corrected chi connectivity index (χ2v) is 11.4. The van der Waals surface area contributed by atoms with Crippen molar-refractivity contribution in [3.63, 3.8) is 0 Å². The Balaban J connectivity index is 1.37. The van der Waals surface area contributed by atoms with E-state index >= 15 is 4.39 Å². The lowest BCUT2D eigenvalue weighted by molar-refractivity contribution is -0.159. The molecule has 1 fully saturated rings. The minimum absolute atomic E-state index is 0.0680. The van der Waals surface area contributed by atoms with E-state index in [0.717, 1.165) is 11.3 Å². The molecule has 2 heterocycles. The van der Waals surface area contributed by atoms with Gasteiger partial charge in [-0.05, 0) is 74.2 Å². The molecule has 0 aliphatic carbocycles. The second kappa shape index (κ2) is 12.8. The van der Waals surface area contributed by atoms with Crippen LogP contribution in [-0.4, -0.2) is 45.3 Å². The van der Waals surface area contributed by atoms with Crippen molar-refractivity contribution in [1.29, 1.82) is 0 Å². The van der Waals surface area contributed by atoms with Gasteiger partial charge in [-0.3, -0.25) is 9.59 Å². The van der Waals surface area contributed by atoms with E-state index in [4.69, 9.17) is 37.4 Å². The Morgan fingerprint density at radius 3 is 2.43 bits per heavy atom. The minimum Gasteiger partial charge on any atom is -0.497 e. The van der Waals surface area contributed by atoms with Gasteiger partial charge in [0.25, 0.3) is 0 Å². The van der Waals surface area contributed by atoms with Gasteiger partial charge in [-0.15, -0.1) is 0 Å². The standard InChI is InChI=1S/C32H33Cl2FN2O5/c1-3-41-31(39)32(14-16-36(17-15-32)27-11-6-22(33)18-25(27)34)20-42-28-12-10-26(35)30-24(28)9-13-29(38)37(30)19-21-4-7-23(40-2)8-5-21/h4-8,10-12,18H,3,9,13-17,19-20H2,1-2H3. The van der Waals surface area contributed by atoms with Gasteiger partial charge in [-0.2, -0.15) is 0 Å². The number of hydrogen-bond donors (Lipinski definition) is 0. The van der Waals surface area contributed by atoms with Gasteiger partial charge in [0.05, 0.1) is 36.7 Å². The van der Waals surface area contributed by atoms with E-state index in [-0.39, 0.29) is 43.7 Å². The van der Waals surface area contributed by atoms with Gasteiger partial charge >= 0.3 is 5.97 Å². The molecular weight excluding hydrogens is 582 g/mol. The molecule has 42 heavy (non-hydrogen) atoms. The van der Waals surface area contributed by atoms with E-state index in [9.17, 15) is 9.59 Å². The van der Waals surface area contributed by atoms with Crippen LogP contribution in [0.2, 0.25) is 10.0 Å². The fourth-order valence-corrected chi connectivity index (χ4v) is 6.18. The number of amides is 1. The summed E-state index contributed by atoms with van der Waals surface area (Å²) in [5.74, 6) is 0.186. The molecule has 1 saturated heterocycles. The van der Waals surface area contributed by atoms with Gasteiger partial charge in [-0.1, -0.05) is 35.3 Å². The summed E-state index contributed by atoms with van der Waals surface area (Å²) >= 11 is 12.5. The molecule has 2 aliphatic heterocycles. The summed E-state index contributed by atoms with van der Waals surface area (Å²) < 4.78 is 32.3. The van der Waals surface area contributed by atoms with E-state index in [0.29, 0.717) is 59.5 Å². The first-order chi connectivity index (χ1) is 20.2. The highest BCUT2D eigenvalue weighted by Crippen LogP contribution is 2.41. The Hall–Kier alpha value is -3.49. The molecule has 5 rings (SSSR count). The molecule has 0 atom stereocenters. The minimum atomic E-state index is -0.889. The van der Waals surface area contributed by atoms with Crippen molar-refractivity contribution in [2.75, 3.05) is 43.2 Å². The van der Waals surface area contributed by atoms with Crippen LogP contribution in [0.3, 0.4) is 0 Å². The molecule has 3 aromatic carbocycles. The van der Waals surface area contributed by atoms with Crippen molar-refractivity contribution >= 4 is 46.5 Å². The Bertz CT molecular complexity index is 1460. The van der Waals surface area contributed by atoms with Crippen LogP contribution in [0.1, 0.15) is 37.3 Å². The van der Waals surface area contributed by atoms with Crippen molar-refractivity contribution in [3.8, 4) is 11.5 Å².